The Bertz CT molecular complexity index is 120. The van der Waals surface area contributed by atoms with Gasteiger partial charge >= 0.3 is 5.97 Å². The fourth-order valence-electron chi connectivity index (χ4n) is 0.493. The zero-order valence-corrected chi connectivity index (χ0v) is 6.04. The van der Waals surface area contributed by atoms with Crippen molar-refractivity contribution in [3.8, 4) is 0 Å². The third kappa shape index (κ3) is 3.25. The highest BCUT2D eigenvalue weighted by molar-refractivity contribution is 5.74. The van der Waals surface area contributed by atoms with Crippen molar-refractivity contribution < 1.29 is 14.6 Å². The number of rotatable bonds is 4. The van der Waals surface area contributed by atoms with E-state index >= 15 is 0 Å². The summed E-state index contributed by atoms with van der Waals surface area (Å²) in [4.78, 5) is 10.6. The van der Waals surface area contributed by atoms with Crippen LogP contribution in [0.15, 0.2) is 12.7 Å². The lowest BCUT2D eigenvalue weighted by Crippen LogP contribution is -2.21. The lowest BCUT2D eigenvalue weighted by molar-refractivity contribution is -0.152. The summed E-state index contributed by atoms with van der Waals surface area (Å²) in [5.41, 5.74) is 0. The van der Waals surface area contributed by atoms with E-state index in [9.17, 15) is 4.79 Å². The highest BCUT2D eigenvalue weighted by Crippen LogP contribution is 1.94. The summed E-state index contributed by atoms with van der Waals surface area (Å²) >= 11 is 0. The van der Waals surface area contributed by atoms with Gasteiger partial charge in [0.15, 0.2) is 6.10 Å². The lowest BCUT2D eigenvalue weighted by Gasteiger charge is -2.05. The maximum absolute atomic E-state index is 10.6. The molecule has 3 nitrogen and oxygen atoms in total. The molecule has 10 heavy (non-hydrogen) atoms. The second-order valence-electron chi connectivity index (χ2n) is 1.79. The summed E-state index contributed by atoms with van der Waals surface area (Å²) in [5, 5.41) is 8.90. The van der Waals surface area contributed by atoms with E-state index in [4.69, 9.17) is 5.11 Å². The van der Waals surface area contributed by atoms with E-state index in [-0.39, 0.29) is 6.42 Å². The Hall–Kier alpha value is -0.830. The van der Waals surface area contributed by atoms with Crippen molar-refractivity contribution in [1.82, 2.24) is 0 Å². The first-order chi connectivity index (χ1) is 4.72. The minimum absolute atomic E-state index is 0.249. The van der Waals surface area contributed by atoms with Crippen molar-refractivity contribution in [3.05, 3.63) is 12.7 Å². The Morgan fingerprint density at radius 1 is 1.90 bits per heavy atom. The Labute approximate surface area is 60.3 Å². The van der Waals surface area contributed by atoms with Crippen molar-refractivity contribution in [2.45, 2.75) is 19.4 Å². The molecule has 0 unspecified atom stereocenters. The van der Waals surface area contributed by atoms with Crippen LogP contribution in [-0.2, 0) is 9.53 Å². The van der Waals surface area contributed by atoms with Gasteiger partial charge in [-0.15, -0.1) is 6.58 Å². The summed E-state index contributed by atoms with van der Waals surface area (Å²) in [7, 11) is 0. The predicted molar refractivity (Wildman–Crippen MR) is 37.5 cm³/mol. The molecule has 3 heteroatoms. The monoisotopic (exact) mass is 144 g/mol. The number of carbonyl (C=O) groups excluding carboxylic acids is 1. The Kier molecular flexibility index (Phi) is 4.58. The molecule has 0 fully saturated rings. The minimum atomic E-state index is -1.04. The van der Waals surface area contributed by atoms with E-state index in [1.165, 1.54) is 6.08 Å². The van der Waals surface area contributed by atoms with E-state index in [0.717, 1.165) is 0 Å². The van der Waals surface area contributed by atoms with Crippen molar-refractivity contribution >= 4 is 5.97 Å². The van der Waals surface area contributed by atoms with E-state index in [0.29, 0.717) is 6.61 Å². The third-order valence-electron chi connectivity index (χ3n) is 0.949. The van der Waals surface area contributed by atoms with Gasteiger partial charge in [-0.2, -0.15) is 0 Å². The molecule has 0 heterocycles. The highest BCUT2D eigenvalue weighted by Gasteiger charge is 2.12. The van der Waals surface area contributed by atoms with Gasteiger partial charge in [0.2, 0.25) is 0 Å². The van der Waals surface area contributed by atoms with Crippen molar-refractivity contribution in [2.24, 2.45) is 0 Å². The number of aliphatic hydroxyl groups is 1. The normalized spacial score (nSPS) is 12.2. The molecule has 0 spiro atoms. The summed E-state index contributed by atoms with van der Waals surface area (Å²) in [5.74, 6) is -0.581. The zero-order valence-electron chi connectivity index (χ0n) is 6.04. The largest absolute Gasteiger partial charge is 0.464 e. The van der Waals surface area contributed by atoms with E-state index in [2.05, 4.69) is 11.3 Å². The van der Waals surface area contributed by atoms with Crippen molar-refractivity contribution in [1.29, 1.82) is 0 Å². The molecule has 1 N–H and O–H groups in total. The average Bonchev–Trinajstić information content (AvgIpc) is 1.89. The molecular weight excluding hydrogens is 132 g/mol. The number of hydrogen-bond donors (Lipinski definition) is 1. The van der Waals surface area contributed by atoms with Crippen LogP contribution in [0, 0.1) is 0 Å². The molecule has 0 amide bonds. The topological polar surface area (TPSA) is 46.5 Å². The van der Waals surface area contributed by atoms with E-state index in [1.807, 2.05) is 0 Å². The van der Waals surface area contributed by atoms with Gasteiger partial charge in [0, 0.05) is 6.42 Å². The van der Waals surface area contributed by atoms with Crippen LogP contribution in [0.25, 0.3) is 0 Å². The van der Waals surface area contributed by atoms with Gasteiger partial charge in [-0.1, -0.05) is 6.08 Å². The van der Waals surface area contributed by atoms with Gasteiger partial charge in [0.05, 0.1) is 6.61 Å². The van der Waals surface area contributed by atoms with Crippen LogP contribution < -0.4 is 0 Å². The van der Waals surface area contributed by atoms with Gasteiger partial charge in [-0.25, -0.2) is 4.79 Å². The molecule has 0 aromatic rings. The molecule has 0 rings (SSSR count). The molecule has 0 radical (unpaired) electrons. The fourth-order valence-corrected chi connectivity index (χ4v) is 0.493. The van der Waals surface area contributed by atoms with Crippen molar-refractivity contribution in [3.63, 3.8) is 0 Å². The van der Waals surface area contributed by atoms with Gasteiger partial charge < -0.3 is 9.84 Å². The number of hydrogen-bond acceptors (Lipinski definition) is 3. The van der Waals surface area contributed by atoms with Crippen LogP contribution in [-0.4, -0.2) is 23.8 Å². The summed E-state index contributed by atoms with van der Waals surface area (Å²) in [6, 6.07) is 0. The summed E-state index contributed by atoms with van der Waals surface area (Å²) < 4.78 is 4.52. The first kappa shape index (κ1) is 9.17. The molecular formula is C7H12O3. The SMILES string of the molecule is C=CC[C@@H](O)C(=O)OCC. The summed E-state index contributed by atoms with van der Waals surface area (Å²) in [6.07, 6.45) is 0.679. The first-order valence-electron chi connectivity index (χ1n) is 3.18. The molecule has 0 saturated carbocycles. The van der Waals surface area contributed by atoms with Crippen molar-refractivity contribution in [2.75, 3.05) is 6.61 Å². The quantitative estimate of drug-likeness (QED) is 0.461. The Morgan fingerprint density at radius 2 is 2.50 bits per heavy atom. The van der Waals surface area contributed by atoms with Crippen LogP contribution in [0.1, 0.15) is 13.3 Å². The molecule has 1 atom stereocenters. The molecule has 0 aromatic carbocycles. The average molecular weight is 144 g/mol. The van der Waals surface area contributed by atoms with E-state index < -0.39 is 12.1 Å². The lowest BCUT2D eigenvalue weighted by atomic mass is 10.2. The molecule has 0 aliphatic heterocycles. The minimum Gasteiger partial charge on any atom is -0.464 e. The van der Waals surface area contributed by atoms with Crippen LogP contribution in [0.3, 0.4) is 0 Å². The predicted octanol–water partition coefficient (Wildman–Crippen LogP) is 0.486. The molecule has 0 aromatic heterocycles. The van der Waals surface area contributed by atoms with Gasteiger partial charge in [0.1, 0.15) is 0 Å². The first-order valence-corrected chi connectivity index (χ1v) is 3.18. The zero-order chi connectivity index (χ0) is 7.98. The third-order valence-corrected chi connectivity index (χ3v) is 0.949. The second kappa shape index (κ2) is 4.99. The number of esters is 1. The van der Waals surface area contributed by atoms with Gasteiger partial charge in [-0.05, 0) is 6.92 Å². The highest BCUT2D eigenvalue weighted by atomic mass is 16.5. The van der Waals surface area contributed by atoms with Crippen LogP contribution >= 0.6 is 0 Å². The summed E-state index contributed by atoms with van der Waals surface area (Å²) in [6.45, 7) is 5.37. The number of aliphatic hydroxyl groups excluding tert-OH is 1. The molecule has 0 aliphatic carbocycles. The Balaban J connectivity index is 3.58. The molecule has 58 valence electrons. The Morgan fingerprint density at radius 3 is 2.90 bits per heavy atom. The smallest absolute Gasteiger partial charge is 0.335 e. The van der Waals surface area contributed by atoms with Crippen LogP contribution in [0.5, 0.6) is 0 Å². The standard InChI is InChI=1S/C7H12O3/c1-3-5-6(8)7(9)10-4-2/h3,6,8H,1,4-5H2,2H3/t6-/m1/s1. The number of ether oxygens (including phenoxy) is 1. The molecule has 0 bridgehead atoms. The van der Waals surface area contributed by atoms with E-state index in [1.54, 1.807) is 6.92 Å². The van der Waals surface area contributed by atoms with Crippen LogP contribution in [0.4, 0.5) is 0 Å². The second-order valence-corrected chi connectivity index (χ2v) is 1.79. The maximum atomic E-state index is 10.6. The molecule has 0 saturated heterocycles. The number of carbonyl (C=O) groups is 1. The maximum Gasteiger partial charge on any atom is 0.335 e. The van der Waals surface area contributed by atoms with Gasteiger partial charge in [-0.3, -0.25) is 0 Å². The fraction of sp³-hybridized carbons (Fsp3) is 0.571. The van der Waals surface area contributed by atoms with Crippen LogP contribution in [0.2, 0.25) is 0 Å². The van der Waals surface area contributed by atoms with Gasteiger partial charge in [0.25, 0.3) is 0 Å². The molecule has 0 aliphatic rings.